The Labute approximate surface area is 202 Å². The molecule has 1 saturated heterocycles. The first-order chi connectivity index (χ1) is 16.4. The molecule has 2 heterocycles. The SMILES string of the molecule is COc1cc(NC(=O)c2cc(C)c(-c3ccc(F)cc3)s2)c(C(=O)N2CCCCC2)cc1OC. The number of hydrogen-bond donors (Lipinski definition) is 1. The van der Waals surface area contributed by atoms with E-state index in [1.54, 1.807) is 30.3 Å². The molecular formula is C26H27FN2O4S. The number of amides is 2. The van der Waals surface area contributed by atoms with Crippen molar-refractivity contribution in [1.82, 2.24) is 4.90 Å². The third-order valence-electron chi connectivity index (χ3n) is 5.89. The lowest BCUT2D eigenvalue weighted by Gasteiger charge is -2.28. The second-order valence-electron chi connectivity index (χ2n) is 8.19. The molecule has 178 valence electrons. The molecule has 0 radical (unpaired) electrons. The van der Waals surface area contributed by atoms with Gasteiger partial charge in [0.15, 0.2) is 11.5 Å². The fourth-order valence-corrected chi connectivity index (χ4v) is 5.17. The quantitative estimate of drug-likeness (QED) is 0.485. The van der Waals surface area contributed by atoms with E-state index in [4.69, 9.17) is 9.47 Å². The van der Waals surface area contributed by atoms with Crippen LogP contribution in [-0.2, 0) is 0 Å². The highest BCUT2D eigenvalue weighted by Gasteiger charge is 2.25. The summed E-state index contributed by atoms with van der Waals surface area (Å²) in [6.45, 7) is 3.28. The van der Waals surface area contributed by atoms with Crippen molar-refractivity contribution < 1.29 is 23.5 Å². The lowest BCUT2D eigenvalue weighted by molar-refractivity contribution is 0.0725. The summed E-state index contributed by atoms with van der Waals surface area (Å²) in [5.74, 6) is 0.0516. The first-order valence-corrected chi connectivity index (χ1v) is 12.0. The third-order valence-corrected chi connectivity index (χ3v) is 7.18. The van der Waals surface area contributed by atoms with Gasteiger partial charge in [-0.3, -0.25) is 9.59 Å². The first kappa shape index (κ1) is 23.8. The van der Waals surface area contributed by atoms with Crippen LogP contribution in [-0.4, -0.2) is 44.0 Å². The summed E-state index contributed by atoms with van der Waals surface area (Å²) < 4.78 is 24.1. The number of nitrogens with one attached hydrogen (secondary N) is 1. The molecule has 0 saturated carbocycles. The minimum Gasteiger partial charge on any atom is -0.493 e. The summed E-state index contributed by atoms with van der Waals surface area (Å²) >= 11 is 1.32. The Kier molecular flexibility index (Phi) is 7.17. The van der Waals surface area contributed by atoms with E-state index in [0.29, 0.717) is 40.7 Å². The lowest BCUT2D eigenvalue weighted by atomic mass is 10.1. The van der Waals surface area contributed by atoms with Crippen molar-refractivity contribution in [3.05, 3.63) is 64.3 Å². The Morgan fingerprint density at radius 1 is 0.971 bits per heavy atom. The van der Waals surface area contributed by atoms with Gasteiger partial charge in [-0.2, -0.15) is 0 Å². The predicted molar refractivity (Wildman–Crippen MR) is 132 cm³/mol. The summed E-state index contributed by atoms with van der Waals surface area (Å²) in [5, 5.41) is 2.90. The fourth-order valence-electron chi connectivity index (χ4n) is 4.09. The number of hydrogen-bond acceptors (Lipinski definition) is 5. The van der Waals surface area contributed by atoms with Gasteiger partial charge in [0.1, 0.15) is 5.82 Å². The van der Waals surface area contributed by atoms with E-state index >= 15 is 0 Å². The number of ether oxygens (including phenoxy) is 2. The van der Waals surface area contributed by atoms with E-state index in [-0.39, 0.29) is 17.6 Å². The van der Waals surface area contributed by atoms with Crippen LogP contribution in [0, 0.1) is 12.7 Å². The van der Waals surface area contributed by atoms with Crippen LogP contribution >= 0.6 is 11.3 Å². The molecule has 2 aromatic carbocycles. The van der Waals surface area contributed by atoms with Crippen molar-refractivity contribution in [3.63, 3.8) is 0 Å². The maximum Gasteiger partial charge on any atom is 0.265 e. The minimum atomic E-state index is -0.332. The summed E-state index contributed by atoms with van der Waals surface area (Å²) in [7, 11) is 3.02. The zero-order valence-corrected chi connectivity index (χ0v) is 20.3. The highest BCUT2D eigenvalue weighted by atomic mass is 32.1. The van der Waals surface area contributed by atoms with Crippen LogP contribution in [0.4, 0.5) is 10.1 Å². The summed E-state index contributed by atoms with van der Waals surface area (Å²) in [6.07, 6.45) is 3.02. The molecular weight excluding hydrogens is 455 g/mol. The van der Waals surface area contributed by atoms with E-state index in [1.165, 1.54) is 37.7 Å². The summed E-state index contributed by atoms with van der Waals surface area (Å²) in [6, 6.07) is 11.2. The molecule has 4 rings (SSSR count). The van der Waals surface area contributed by atoms with Crippen LogP contribution in [0.3, 0.4) is 0 Å². The Hall–Kier alpha value is -3.39. The molecule has 8 heteroatoms. The molecule has 1 aliphatic heterocycles. The van der Waals surface area contributed by atoms with E-state index < -0.39 is 0 Å². The van der Waals surface area contributed by atoms with Crippen LogP contribution in [0.2, 0.25) is 0 Å². The molecule has 0 aliphatic carbocycles. The Morgan fingerprint density at radius 2 is 1.62 bits per heavy atom. The van der Waals surface area contributed by atoms with Gasteiger partial charge in [0, 0.05) is 24.0 Å². The molecule has 3 aromatic rings. The molecule has 0 unspecified atom stereocenters. The number of likely N-dealkylation sites (tertiary alicyclic amines) is 1. The normalized spacial score (nSPS) is 13.5. The maximum atomic E-state index is 13.3. The van der Waals surface area contributed by atoms with E-state index in [0.717, 1.165) is 35.3 Å². The predicted octanol–water partition coefficient (Wildman–Crippen LogP) is 5.76. The monoisotopic (exact) mass is 482 g/mol. The molecule has 1 fully saturated rings. The van der Waals surface area contributed by atoms with E-state index in [1.807, 2.05) is 11.8 Å². The zero-order chi connectivity index (χ0) is 24.2. The largest absolute Gasteiger partial charge is 0.493 e. The summed E-state index contributed by atoms with van der Waals surface area (Å²) in [4.78, 5) is 29.7. The zero-order valence-electron chi connectivity index (χ0n) is 19.4. The number of nitrogens with zero attached hydrogens (tertiary/aromatic N) is 1. The number of piperidine rings is 1. The molecule has 2 amide bonds. The number of thiophene rings is 1. The smallest absolute Gasteiger partial charge is 0.265 e. The highest BCUT2D eigenvalue weighted by Crippen LogP contribution is 2.36. The van der Waals surface area contributed by atoms with Crippen molar-refractivity contribution >= 4 is 28.8 Å². The lowest BCUT2D eigenvalue weighted by Crippen LogP contribution is -2.36. The van der Waals surface area contributed by atoms with Gasteiger partial charge in [-0.05, 0) is 61.6 Å². The van der Waals surface area contributed by atoms with Gasteiger partial charge >= 0.3 is 0 Å². The standard InChI is InChI=1S/C26H27FN2O4S/c1-16-13-23(34-24(16)17-7-9-18(27)10-8-17)25(30)28-20-15-22(33-3)21(32-2)14-19(20)26(31)29-11-5-4-6-12-29/h7-10,13-15H,4-6,11-12H2,1-3H3,(H,28,30). The van der Waals surface area contributed by atoms with Crippen LogP contribution < -0.4 is 14.8 Å². The number of aryl methyl sites for hydroxylation is 1. The first-order valence-electron chi connectivity index (χ1n) is 11.1. The van der Waals surface area contributed by atoms with Crippen LogP contribution in [0.5, 0.6) is 11.5 Å². The topological polar surface area (TPSA) is 67.9 Å². The van der Waals surface area contributed by atoms with Crippen molar-refractivity contribution in [3.8, 4) is 21.9 Å². The average molecular weight is 483 g/mol. The second kappa shape index (κ2) is 10.3. The Balaban J connectivity index is 1.66. The van der Waals surface area contributed by atoms with Gasteiger partial charge in [-0.15, -0.1) is 11.3 Å². The summed E-state index contributed by atoms with van der Waals surface area (Å²) in [5.41, 5.74) is 2.49. The number of anilines is 1. The van der Waals surface area contributed by atoms with Crippen LogP contribution in [0.25, 0.3) is 10.4 Å². The van der Waals surface area contributed by atoms with Crippen molar-refractivity contribution in [2.75, 3.05) is 32.6 Å². The molecule has 1 aliphatic rings. The molecule has 34 heavy (non-hydrogen) atoms. The van der Waals surface area contributed by atoms with Crippen LogP contribution in [0.15, 0.2) is 42.5 Å². The molecule has 1 aromatic heterocycles. The number of benzene rings is 2. The van der Waals surface area contributed by atoms with E-state index in [9.17, 15) is 14.0 Å². The second-order valence-corrected chi connectivity index (χ2v) is 9.24. The van der Waals surface area contributed by atoms with E-state index in [2.05, 4.69) is 5.32 Å². The molecule has 1 N–H and O–H groups in total. The van der Waals surface area contributed by atoms with Crippen molar-refractivity contribution in [1.29, 1.82) is 0 Å². The van der Waals surface area contributed by atoms with Gasteiger partial charge in [-0.25, -0.2) is 4.39 Å². The number of carbonyl (C=O) groups is 2. The third kappa shape index (κ3) is 4.92. The Morgan fingerprint density at radius 3 is 2.26 bits per heavy atom. The van der Waals surface area contributed by atoms with Gasteiger partial charge < -0.3 is 19.7 Å². The maximum absolute atomic E-state index is 13.3. The minimum absolute atomic E-state index is 0.148. The van der Waals surface area contributed by atoms with Gasteiger partial charge in [0.2, 0.25) is 0 Å². The fraction of sp³-hybridized carbons (Fsp3) is 0.308. The van der Waals surface area contributed by atoms with Gasteiger partial charge in [0.25, 0.3) is 11.8 Å². The number of methoxy groups -OCH3 is 2. The number of carbonyl (C=O) groups excluding carboxylic acids is 2. The van der Waals surface area contributed by atoms with Crippen molar-refractivity contribution in [2.45, 2.75) is 26.2 Å². The van der Waals surface area contributed by atoms with Gasteiger partial charge in [0.05, 0.1) is 30.3 Å². The molecule has 0 atom stereocenters. The van der Waals surface area contributed by atoms with Crippen LogP contribution in [0.1, 0.15) is 44.9 Å². The Bertz CT molecular complexity index is 1200. The molecule has 0 bridgehead atoms. The molecule has 0 spiro atoms. The van der Waals surface area contributed by atoms with Gasteiger partial charge in [-0.1, -0.05) is 12.1 Å². The average Bonchev–Trinajstić information content (AvgIpc) is 3.26. The molecule has 6 nitrogen and oxygen atoms in total. The highest BCUT2D eigenvalue weighted by molar-refractivity contribution is 7.17. The number of halogens is 1. The van der Waals surface area contributed by atoms with Crippen molar-refractivity contribution in [2.24, 2.45) is 0 Å². The number of rotatable bonds is 6.